The maximum atomic E-state index is 12.5. The van der Waals surface area contributed by atoms with E-state index in [4.69, 9.17) is 9.47 Å². The molecule has 0 atom stereocenters. The highest BCUT2D eigenvalue weighted by Crippen LogP contribution is 2.31. The average molecular weight is 411 g/mol. The number of methoxy groups -OCH3 is 2. The first-order valence-electron chi connectivity index (χ1n) is 10.3. The summed E-state index contributed by atoms with van der Waals surface area (Å²) in [5.41, 5.74) is 3.08. The maximum Gasteiger partial charge on any atom is 0.251 e. The Morgan fingerprint density at radius 1 is 1.10 bits per heavy atom. The maximum absolute atomic E-state index is 12.5. The van der Waals surface area contributed by atoms with Crippen LogP contribution in [-0.2, 0) is 0 Å². The van der Waals surface area contributed by atoms with Crippen molar-refractivity contribution in [3.05, 3.63) is 42.0 Å². The number of imidazole rings is 1. The van der Waals surface area contributed by atoms with Crippen molar-refractivity contribution in [2.24, 2.45) is 0 Å². The van der Waals surface area contributed by atoms with Crippen molar-refractivity contribution in [3.8, 4) is 22.9 Å². The molecular formula is C23H30N4O3. The molecule has 0 unspecified atom stereocenters. The van der Waals surface area contributed by atoms with E-state index in [1.807, 2.05) is 24.3 Å². The number of hydrogen-bond donors (Lipinski definition) is 2. The van der Waals surface area contributed by atoms with Gasteiger partial charge in [-0.25, -0.2) is 4.98 Å². The van der Waals surface area contributed by atoms with Gasteiger partial charge in [-0.3, -0.25) is 4.79 Å². The topological polar surface area (TPSA) is 79.5 Å². The van der Waals surface area contributed by atoms with Gasteiger partial charge < -0.3 is 24.7 Å². The van der Waals surface area contributed by atoms with E-state index in [-0.39, 0.29) is 5.91 Å². The van der Waals surface area contributed by atoms with Gasteiger partial charge >= 0.3 is 0 Å². The molecule has 0 aliphatic rings. The number of rotatable bonds is 10. The minimum absolute atomic E-state index is 0.103. The van der Waals surface area contributed by atoms with Crippen molar-refractivity contribution in [2.75, 3.05) is 40.4 Å². The van der Waals surface area contributed by atoms with Crippen LogP contribution in [0.4, 0.5) is 0 Å². The molecule has 0 spiro atoms. The van der Waals surface area contributed by atoms with E-state index >= 15 is 0 Å². The van der Waals surface area contributed by atoms with Crippen LogP contribution in [0.2, 0.25) is 0 Å². The highest BCUT2D eigenvalue weighted by atomic mass is 16.5. The predicted molar refractivity (Wildman–Crippen MR) is 119 cm³/mol. The third kappa shape index (κ3) is 4.91. The van der Waals surface area contributed by atoms with Gasteiger partial charge in [-0.1, -0.05) is 13.8 Å². The van der Waals surface area contributed by atoms with Gasteiger partial charge in [-0.15, -0.1) is 0 Å². The van der Waals surface area contributed by atoms with Crippen molar-refractivity contribution in [1.82, 2.24) is 20.2 Å². The van der Waals surface area contributed by atoms with Gasteiger partial charge in [0.05, 0.1) is 30.8 Å². The summed E-state index contributed by atoms with van der Waals surface area (Å²) < 4.78 is 10.8. The Morgan fingerprint density at radius 2 is 1.90 bits per heavy atom. The van der Waals surface area contributed by atoms with Crippen LogP contribution in [0.1, 0.15) is 30.6 Å². The lowest BCUT2D eigenvalue weighted by Crippen LogP contribution is -2.29. The Morgan fingerprint density at radius 3 is 2.60 bits per heavy atom. The molecule has 7 nitrogen and oxygen atoms in total. The van der Waals surface area contributed by atoms with E-state index in [9.17, 15) is 4.79 Å². The van der Waals surface area contributed by atoms with Crippen molar-refractivity contribution >= 4 is 16.9 Å². The average Bonchev–Trinajstić information content (AvgIpc) is 3.21. The van der Waals surface area contributed by atoms with Crippen LogP contribution in [0.15, 0.2) is 36.4 Å². The standard InChI is InChI=1S/C23H30N4O3/c1-5-27(6-2)13-7-12-24-23(28)16-8-10-18(21(14-16)30-4)22-25-19-11-9-17(29-3)15-20(19)26-22/h8-11,14-15H,5-7,12-13H2,1-4H3,(H,24,28)(H,25,26). The third-order valence-corrected chi connectivity index (χ3v) is 5.24. The Hall–Kier alpha value is -3.06. The van der Waals surface area contributed by atoms with E-state index in [1.165, 1.54) is 0 Å². The van der Waals surface area contributed by atoms with Gasteiger partial charge in [0, 0.05) is 18.2 Å². The summed E-state index contributed by atoms with van der Waals surface area (Å²) in [5.74, 6) is 1.93. The summed E-state index contributed by atoms with van der Waals surface area (Å²) in [5, 5.41) is 2.99. The lowest BCUT2D eigenvalue weighted by atomic mass is 10.1. The molecule has 3 rings (SSSR count). The summed E-state index contributed by atoms with van der Waals surface area (Å²) >= 11 is 0. The zero-order valence-electron chi connectivity index (χ0n) is 18.1. The van der Waals surface area contributed by atoms with Gasteiger partial charge in [0.25, 0.3) is 5.91 Å². The second-order valence-electron chi connectivity index (χ2n) is 7.02. The van der Waals surface area contributed by atoms with E-state index in [0.717, 1.165) is 48.4 Å². The highest BCUT2D eigenvalue weighted by Gasteiger charge is 2.14. The summed E-state index contributed by atoms with van der Waals surface area (Å²) in [4.78, 5) is 22.8. The summed E-state index contributed by atoms with van der Waals surface area (Å²) in [6.45, 7) is 7.97. The fourth-order valence-corrected chi connectivity index (χ4v) is 3.42. The van der Waals surface area contributed by atoms with Crippen molar-refractivity contribution < 1.29 is 14.3 Å². The Bertz CT molecular complexity index is 995. The minimum atomic E-state index is -0.103. The van der Waals surface area contributed by atoms with Gasteiger partial charge in [0.2, 0.25) is 0 Å². The number of aromatic nitrogens is 2. The number of aromatic amines is 1. The molecular weight excluding hydrogens is 380 g/mol. The Labute approximate surface area is 177 Å². The molecule has 0 radical (unpaired) electrons. The van der Waals surface area contributed by atoms with Crippen molar-refractivity contribution in [1.29, 1.82) is 0 Å². The first-order valence-corrected chi connectivity index (χ1v) is 10.3. The minimum Gasteiger partial charge on any atom is -0.497 e. The second kappa shape index (κ2) is 10.1. The number of ether oxygens (including phenoxy) is 2. The number of nitrogens with one attached hydrogen (secondary N) is 2. The molecule has 0 aliphatic heterocycles. The Balaban J connectivity index is 1.72. The largest absolute Gasteiger partial charge is 0.497 e. The van der Waals surface area contributed by atoms with E-state index in [2.05, 4.69) is 34.0 Å². The molecule has 0 aliphatic carbocycles. The van der Waals surface area contributed by atoms with Crippen molar-refractivity contribution in [3.63, 3.8) is 0 Å². The lowest BCUT2D eigenvalue weighted by Gasteiger charge is -2.17. The van der Waals surface area contributed by atoms with Crippen LogP contribution in [-0.4, -0.2) is 61.2 Å². The molecule has 30 heavy (non-hydrogen) atoms. The Kier molecular flexibility index (Phi) is 7.30. The molecule has 2 N–H and O–H groups in total. The quantitative estimate of drug-likeness (QED) is 0.498. The number of fused-ring (bicyclic) bond motifs is 1. The summed E-state index contributed by atoms with van der Waals surface area (Å²) in [7, 11) is 3.23. The lowest BCUT2D eigenvalue weighted by molar-refractivity contribution is 0.0951. The highest BCUT2D eigenvalue weighted by molar-refractivity contribution is 5.95. The number of carbonyl (C=O) groups excluding carboxylic acids is 1. The molecule has 0 bridgehead atoms. The van der Waals surface area contributed by atoms with Gasteiger partial charge in [0.1, 0.15) is 17.3 Å². The molecule has 2 aromatic carbocycles. The van der Waals surface area contributed by atoms with Crippen LogP contribution in [0.3, 0.4) is 0 Å². The predicted octanol–water partition coefficient (Wildman–Crippen LogP) is 3.71. The van der Waals surface area contributed by atoms with Crippen LogP contribution < -0.4 is 14.8 Å². The second-order valence-corrected chi connectivity index (χ2v) is 7.02. The normalized spacial score (nSPS) is 11.1. The van der Waals surface area contributed by atoms with Gasteiger partial charge in [-0.2, -0.15) is 0 Å². The van der Waals surface area contributed by atoms with Crippen LogP contribution in [0.5, 0.6) is 11.5 Å². The SMILES string of the molecule is CCN(CC)CCCNC(=O)c1ccc(-c2nc3ccc(OC)cc3[nH]2)c(OC)c1. The number of hydrogen-bond acceptors (Lipinski definition) is 5. The molecule has 3 aromatic rings. The van der Waals surface area contributed by atoms with E-state index in [0.29, 0.717) is 23.7 Å². The molecule has 0 saturated heterocycles. The van der Waals surface area contributed by atoms with Crippen LogP contribution in [0.25, 0.3) is 22.4 Å². The molecule has 7 heteroatoms. The molecule has 160 valence electrons. The molecule has 1 heterocycles. The van der Waals surface area contributed by atoms with Crippen LogP contribution >= 0.6 is 0 Å². The first kappa shape index (κ1) is 21.6. The smallest absolute Gasteiger partial charge is 0.251 e. The number of benzene rings is 2. The number of H-pyrrole nitrogens is 1. The van der Waals surface area contributed by atoms with E-state index < -0.39 is 0 Å². The van der Waals surface area contributed by atoms with Crippen LogP contribution in [0, 0.1) is 0 Å². The third-order valence-electron chi connectivity index (χ3n) is 5.24. The molecule has 0 saturated carbocycles. The molecule has 0 fully saturated rings. The fourth-order valence-electron chi connectivity index (χ4n) is 3.42. The van der Waals surface area contributed by atoms with E-state index in [1.54, 1.807) is 26.4 Å². The monoisotopic (exact) mass is 410 g/mol. The molecule has 1 aromatic heterocycles. The fraction of sp³-hybridized carbons (Fsp3) is 0.391. The number of carbonyl (C=O) groups is 1. The first-order chi connectivity index (χ1) is 14.6. The van der Waals surface area contributed by atoms with Crippen molar-refractivity contribution in [2.45, 2.75) is 20.3 Å². The van der Waals surface area contributed by atoms with Gasteiger partial charge in [0.15, 0.2) is 0 Å². The summed E-state index contributed by atoms with van der Waals surface area (Å²) in [6, 6.07) is 11.1. The zero-order chi connectivity index (χ0) is 21.5. The summed E-state index contributed by atoms with van der Waals surface area (Å²) in [6.07, 6.45) is 0.922. The molecule has 1 amide bonds. The number of nitrogens with zero attached hydrogens (tertiary/aromatic N) is 2. The van der Waals surface area contributed by atoms with Gasteiger partial charge in [-0.05, 0) is 56.4 Å². The number of amides is 1. The zero-order valence-corrected chi connectivity index (χ0v) is 18.1.